The summed E-state index contributed by atoms with van der Waals surface area (Å²) in [6.45, 7) is 5.30. The van der Waals surface area contributed by atoms with Crippen molar-refractivity contribution < 1.29 is 4.79 Å². The Labute approximate surface area is 157 Å². The average Bonchev–Trinajstić information content (AvgIpc) is 3.25. The second-order valence-electron chi connectivity index (χ2n) is 7.60. The summed E-state index contributed by atoms with van der Waals surface area (Å²) < 4.78 is 3.15. The van der Waals surface area contributed by atoms with Crippen molar-refractivity contribution in [2.24, 2.45) is 7.05 Å². The Hall–Kier alpha value is -2.83. The Kier molecular flexibility index (Phi) is 4.37. The van der Waals surface area contributed by atoms with Crippen LogP contribution in [0.25, 0.3) is 10.9 Å². The predicted octanol–water partition coefficient (Wildman–Crippen LogP) is 2.66. The molecule has 1 atom stereocenters. The fraction of sp³-hybridized carbons (Fsp3) is 0.450. The highest BCUT2D eigenvalue weighted by Gasteiger charge is 2.30. The largest absolute Gasteiger partial charge is 0.361 e. The number of carbonyl (C=O) groups excluding carboxylic acids is 1. The van der Waals surface area contributed by atoms with E-state index >= 15 is 0 Å². The Balaban J connectivity index is 1.60. The molecule has 2 aromatic heterocycles. The van der Waals surface area contributed by atoms with E-state index in [2.05, 4.69) is 10.1 Å². The van der Waals surface area contributed by atoms with Crippen molar-refractivity contribution in [3.63, 3.8) is 0 Å². The van der Waals surface area contributed by atoms with Crippen molar-refractivity contribution in [3.8, 4) is 0 Å². The topological polar surface area (TPSA) is 75.9 Å². The van der Waals surface area contributed by atoms with Crippen LogP contribution in [0, 0.1) is 0 Å². The number of likely N-dealkylation sites (tertiary alicyclic amines) is 1. The van der Waals surface area contributed by atoms with Crippen molar-refractivity contribution in [3.05, 3.63) is 52.3 Å². The molecule has 0 bridgehead atoms. The predicted molar refractivity (Wildman–Crippen MR) is 104 cm³/mol. The first-order valence-corrected chi connectivity index (χ1v) is 9.47. The summed E-state index contributed by atoms with van der Waals surface area (Å²) in [5.74, 6) is 0.897. The van der Waals surface area contributed by atoms with E-state index in [1.807, 2.05) is 49.2 Å². The molecule has 0 saturated carbocycles. The van der Waals surface area contributed by atoms with Crippen molar-refractivity contribution in [2.45, 2.75) is 38.6 Å². The molecule has 0 aliphatic carbocycles. The van der Waals surface area contributed by atoms with Gasteiger partial charge in [-0.05, 0) is 50.3 Å². The van der Waals surface area contributed by atoms with E-state index in [0.717, 1.165) is 36.1 Å². The van der Waals surface area contributed by atoms with Crippen molar-refractivity contribution in [2.75, 3.05) is 13.1 Å². The lowest BCUT2D eigenvalue weighted by Gasteiger charge is -2.32. The van der Waals surface area contributed by atoms with Crippen LogP contribution >= 0.6 is 0 Å². The van der Waals surface area contributed by atoms with Gasteiger partial charge in [-0.25, -0.2) is 9.48 Å². The lowest BCUT2D eigenvalue weighted by atomic mass is 9.96. The number of benzene rings is 1. The molecule has 1 N–H and O–H groups in total. The fourth-order valence-corrected chi connectivity index (χ4v) is 4.00. The molecule has 7 nitrogen and oxygen atoms in total. The van der Waals surface area contributed by atoms with Gasteiger partial charge >= 0.3 is 5.69 Å². The number of nitrogens with zero attached hydrogens (tertiary/aromatic N) is 4. The van der Waals surface area contributed by atoms with Gasteiger partial charge in [0.1, 0.15) is 5.82 Å². The monoisotopic (exact) mass is 367 g/mol. The minimum atomic E-state index is -0.0966. The molecule has 1 fully saturated rings. The van der Waals surface area contributed by atoms with Gasteiger partial charge in [0.05, 0.1) is 0 Å². The maximum atomic E-state index is 13.1. The van der Waals surface area contributed by atoms with Crippen LogP contribution in [0.1, 0.15) is 54.8 Å². The van der Waals surface area contributed by atoms with E-state index < -0.39 is 0 Å². The van der Waals surface area contributed by atoms with Crippen LogP contribution in [0.15, 0.2) is 35.3 Å². The number of fused-ring (bicyclic) bond motifs is 1. The van der Waals surface area contributed by atoms with Crippen molar-refractivity contribution in [1.29, 1.82) is 0 Å². The third kappa shape index (κ3) is 3.07. The van der Waals surface area contributed by atoms with Crippen LogP contribution < -0.4 is 5.69 Å². The lowest BCUT2D eigenvalue weighted by molar-refractivity contribution is 0.0703. The zero-order valence-electron chi connectivity index (χ0n) is 16.0. The molecule has 1 aliphatic rings. The number of amides is 1. The fourth-order valence-electron chi connectivity index (χ4n) is 4.00. The highest BCUT2D eigenvalue weighted by molar-refractivity contribution is 5.98. The summed E-state index contributed by atoms with van der Waals surface area (Å²) in [6.07, 6.45) is 3.72. The van der Waals surface area contributed by atoms with Crippen LogP contribution in [0.5, 0.6) is 0 Å². The molecule has 1 aliphatic heterocycles. The van der Waals surface area contributed by atoms with Gasteiger partial charge in [0.2, 0.25) is 0 Å². The molecule has 0 radical (unpaired) electrons. The third-order valence-electron chi connectivity index (χ3n) is 5.37. The number of aromatic amines is 1. The number of carbonyl (C=O) groups is 1. The molecule has 7 heteroatoms. The second kappa shape index (κ2) is 6.72. The van der Waals surface area contributed by atoms with Crippen molar-refractivity contribution >= 4 is 16.8 Å². The van der Waals surface area contributed by atoms with Gasteiger partial charge < -0.3 is 9.88 Å². The van der Waals surface area contributed by atoms with Gasteiger partial charge in [0.15, 0.2) is 0 Å². The highest BCUT2D eigenvalue weighted by Crippen LogP contribution is 2.27. The Morgan fingerprint density at radius 1 is 1.30 bits per heavy atom. The normalized spacial score (nSPS) is 17.8. The molecule has 3 heterocycles. The number of H-pyrrole nitrogens is 1. The minimum Gasteiger partial charge on any atom is -0.361 e. The number of hydrogen-bond donors (Lipinski definition) is 1. The number of hydrogen-bond acceptors (Lipinski definition) is 3. The molecule has 1 unspecified atom stereocenters. The Morgan fingerprint density at radius 3 is 2.89 bits per heavy atom. The number of rotatable bonds is 3. The molecule has 1 saturated heterocycles. The van der Waals surface area contributed by atoms with E-state index in [9.17, 15) is 9.59 Å². The third-order valence-corrected chi connectivity index (χ3v) is 5.37. The van der Waals surface area contributed by atoms with Gasteiger partial charge in [-0.3, -0.25) is 9.36 Å². The summed E-state index contributed by atoms with van der Waals surface area (Å²) in [6, 6.07) is 7.80. The first-order chi connectivity index (χ1) is 13.0. The average molecular weight is 367 g/mol. The van der Waals surface area contributed by atoms with Gasteiger partial charge in [-0.2, -0.15) is 5.10 Å². The maximum absolute atomic E-state index is 13.1. The summed E-state index contributed by atoms with van der Waals surface area (Å²) >= 11 is 0. The van der Waals surface area contributed by atoms with Crippen LogP contribution in [0.3, 0.4) is 0 Å². The van der Waals surface area contributed by atoms with Gasteiger partial charge in [0, 0.05) is 49.4 Å². The van der Waals surface area contributed by atoms with E-state index in [1.165, 1.54) is 4.68 Å². The Bertz CT molecular complexity index is 1040. The molecule has 27 heavy (non-hydrogen) atoms. The van der Waals surface area contributed by atoms with Gasteiger partial charge in [-0.1, -0.05) is 6.07 Å². The molecule has 1 amide bonds. The Morgan fingerprint density at radius 2 is 2.11 bits per heavy atom. The molecule has 4 rings (SSSR count). The SMILES string of the molecule is CC(C)n1c(C2CCCN(C(=O)c3ccc4cc[nH]c4c3)C2)nn(C)c1=O. The molecule has 3 aromatic rings. The molecule has 142 valence electrons. The van der Waals surface area contributed by atoms with Crippen LogP contribution in [0.4, 0.5) is 0 Å². The maximum Gasteiger partial charge on any atom is 0.345 e. The summed E-state index contributed by atoms with van der Waals surface area (Å²) in [5, 5.41) is 5.57. The van der Waals surface area contributed by atoms with E-state index in [-0.39, 0.29) is 23.6 Å². The van der Waals surface area contributed by atoms with Gasteiger partial charge in [0.25, 0.3) is 5.91 Å². The smallest absolute Gasteiger partial charge is 0.345 e. The number of piperidine rings is 1. The number of aromatic nitrogens is 4. The zero-order valence-corrected chi connectivity index (χ0v) is 16.0. The van der Waals surface area contributed by atoms with E-state index in [0.29, 0.717) is 12.1 Å². The summed E-state index contributed by atoms with van der Waals surface area (Å²) in [7, 11) is 1.68. The molecular weight excluding hydrogens is 342 g/mol. The van der Waals surface area contributed by atoms with Gasteiger partial charge in [-0.15, -0.1) is 0 Å². The number of nitrogens with one attached hydrogen (secondary N) is 1. The first kappa shape index (κ1) is 17.6. The standard InChI is InChI=1S/C20H25N5O2/c1-13(2)25-18(22-23(3)20(25)27)16-5-4-10-24(12-16)19(26)15-7-6-14-8-9-21-17(14)11-15/h6-9,11,13,16,21H,4-5,10,12H2,1-3H3. The van der Waals surface area contributed by atoms with Crippen LogP contribution in [-0.4, -0.2) is 43.2 Å². The first-order valence-electron chi connectivity index (χ1n) is 9.47. The van der Waals surface area contributed by atoms with Crippen molar-refractivity contribution in [1.82, 2.24) is 24.2 Å². The molecular formula is C20H25N5O2. The highest BCUT2D eigenvalue weighted by atomic mass is 16.2. The quantitative estimate of drug-likeness (QED) is 0.773. The van der Waals surface area contributed by atoms with Crippen LogP contribution in [-0.2, 0) is 7.05 Å². The number of aryl methyl sites for hydroxylation is 1. The second-order valence-corrected chi connectivity index (χ2v) is 7.60. The molecule has 0 spiro atoms. The zero-order chi connectivity index (χ0) is 19.1. The van der Waals surface area contributed by atoms with Crippen LogP contribution in [0.2, 0.25) is 0 Å². The minimum absolute atomic E-state index is 0.0329. The van der Waals surface area contributed by atoms with E-state index in [1.54, 1.807) is 11.6 Å². The summed E-state index contributed by atoms with van der Waals surface area (Å²) in [4.78, 5) is 30.5. The molecule has 1 aromatic carbocycles. The lowest BCUT2D eigenvalue weighted by Crippen LogP contribution is -2.40. The summed E-state index contributed by atoms with van der Waals surface area (Å²) in [5.41, 5.74) is 1.56. The van der Waals surface area contributed by atoms with E-state index in [4.69, 9.17) is 0 Å².